The highest BCUT2D eigenvalue weighted by atomic mass is 16.1. The number of amides is 1. The van der Waals surface area contributed by atoms with Crippen molar-refractivity contribution in [2.75, 3.05) is 20.1 Å². The quantitative estimate of drug-likeness (QED) is 0.867. The van der Waals surface area contributed by atoms with E-state index in [2.05, 4.69) is 31.9 Å². The zero-order valence-corrected chi connectivity index (χ0v) is 11.4. The van der Waals surface area contributed by atoms with E-state index in [9.17, 15) is 4.79 Å². The molecule has 0 spiro atoms. The van der Waals surface area contributed by atoms with Gasteiger partial charge in [-0.15, -0.1) is 0 Å². The molecule has 3 nitrogen and oxygen atoms in total. The Hall–Kier alpha value is -1.35. The summed E-state index contributed by atoms with van der Waals surface area (Å²) in [6.45, 7) is 6.77. The van der Waals surface area contributed by atoms with Crippen LogP contribution in [0.25, 0.3) is 0 Å². The highest BCUT2D eigenvalue weighted by Crippen LogP contribution is 2.39. The number of hydrogen-bond donors (Lipinski definition) is 1. The first-order chi connectivity index (χ1) is 8.43. The predicted molar refractivity (Wildman–Crippen MR) is 73.6 cm³/mol. The summed E-state index contributed by atoms with van der Waals surface area (Å²) in [5.41, 5.74) is 7.35. The first-order valence-corrected chi connectivity index (χ1v) is 6.52. The number of likely N-dealkylation sites (tertiary alicyclic amines) is 1. The number of primary amides is 1. The number of rotatable bonds is 2. The molecule has 0 bridgehead atoms. The molecule has 1 saturated heterocycles. The maximum Gasteiger partial charge on any atom is 0.248 e. The fourth-order valence-corrected chi connectivity index (χ4v) is 2.89. The number of carbonyl (C=O) groups is 1. The van der Waals surface area contributed by atoms with Gasteiger partial charge in [0.05, 0.1) is 0 Å². The summed E-state index contributed by atoms with van der Waals surface area (Å²) in [6, 6.07) is 7.80. The molecule has 0 aliphatic carbocycles. The van der Waals surface area contributed by atoms with Crippen LogP contribution in [0.15, 0.2) is 24.3 Å². The number of nitrogens with two attached hydrogens (primary N) is 1. The number of hydrogen-bond acceptors (Lipinski definition) is 2. The van der Waals surface area contributed by atoms with Crippen LogP contribution < -0.4 is 5.73 Å². The molecule has 1 amide bonds. The van der Waals surface area contributed by atoms with E-state index in [0.717, 1.165) is 19.5 Å². The predicted octanol–water partition coefficient (Wildman–Crippen LogP) is 2.01. The third-order valence-corrected chi connectivity index (χ3v) is 4.49. The van der Waals surface area contributed by atoms with Gasteiger partial charge in [-0.2, -0.15) is 0 Å². The molecular weight excluding hydrogens is 224 g/mol. The van der Waals surface area contributed by atoms with Crippen molar-refractivity contribution in [1.82, 2.24) is 4.90 Å². The van der Waals surface area contributed by atoms with Crippen LogP contribution in [0.3, 0.4) is 0 Å². The molecule has 2 atom stereocenters. The lowest BCUT2D eigenvalue weighted by Gasteiger charge is -2.44. The van der Waals surface area contributed by atoms with Crippen molar-refractivity contribution < 1.29 is 4.79 Å². The van der Waals surface area contributed by atoms with Crippen molar-refractivity contribution in [3.63, 3.8) is 0 Å². The first-order valence-electron chi connectivity index (χ1n) is 6.52. The second kappa shape index (κ2) is 4.73. The van der Waals surface area contributed by atoms with Crippen LogP contribution in [0.2, 0.25) is 0 Å². The molecule has 1 heterocycles. The van der Waals surface area contributed by atoms with Gasteiger partial charge in [0.25, 0.3) is 0 Å². The van der Waals surface area contributed by atoms with E-state index in [1.54, 1.807) is 6.07 Å². The maximum atomic E-state index is 11.3. The summed E-state index contributed by atoms with van der Waals surface area (Å²) in [6.07, 6.45) is 1.12. The number of nitrogens with zero attached hydrogens (tertiary/aromatic N) is 1. The van der Waals surface area contributed by atoms with Crippen LogP contribution in [-0.2, 0) is 5.41 Å². The minimum Gasteiger partial charge on any atom is -0.366 e. The number of carbonyl (C=O) groups excluding carboxylic acids is 1. The lowest BCUT2D eigenvalue weighted by Crippen LogP contribution is -2.45. The van der Waals surface area contributed by atoms with Gasteiger partial charge < -0.3 is 10.6 Å². The van der Waals surface area contributed by atoms with Gasteiger partial charge in [0.15, 0.2) is 0 Å². The zero-order chi connectivity index (χ0) is 13.3. The Bertz CT molecular complexity index is 458. The monoisotopic (exact) mass is 246 g/mol. The number of piperidine rings is 1. The summed E-state index contributed by atoms with van der Waals surface area (Å²) < 4.78 is 0. The summed E-state index contributed by atoms with van der Waals surface area (Å²) in [4.78, 5) is 13.7. The molecule has 1 aliphatic rings. The lowest BCUT2D eigenvalue weighted by atomic mass is 9.68. The highest BCUT2D eigenvalue weighted by molar-refractivity contribution is 5.92. The van der Waals surface area contributed by atoms with Gasteiger partial charge >= 0.3 is 0 Å². The molecule has 1 fully saturated rings. The zero-order valence-electron chi connectivity index (χ0n) is 11.4. The van der Waals surface area contributed by atoms with Crippen LogP contribution >= 0.6 is 0 Å². The summed E-state index contributed by atoms with van der Waals surface area (Å²) in [7, 11) is 2.16. The Labute approximate surface area is 109 Å². The van der Waals surface area contributed by atoms with Gasteiger partial charge in [-0.05, 0) is 49.0 Å². The average Bonchev–Trinajstić information content (AvgIpc) is 2.34. The van der Waals surface area contributed by atoms with E-state index >= 15 is 0 Å². The molecule has 1 aromatic rings. The largest absolute Gasteiger partial charge is 0.366 e. The van der Waals surface area contributed by atoms with E-state index in [1.807, 2.05) is 12.1 Å². The Balaban J connectivity index is 2.35. The van der Waals surface area contributed by atoms with Gasteiger partial charge in [-0.1, -0.05) is 26.0 Å². The molecule has 2 N–H and O–H groups in total. The third-order valence-electron chi connectivity index (χ3n) is 4.49. The van der Waals surface area contributed by atoms with Gasteiger partial charge in [0.2, 0.25) is 5.91 Å². The van der Waals surface area contributed by atoms with Crippen molar-refractivity contribution in [3.8, 4) is 0 Å². The summed E-state index contributed by atoms with van der Waals surface area (Å²) in [5.74, 6) is 0.223. The minimum absolute atomic E-state index is 0.137. The highest BCUT2D eigenvalue weighted by Gasteiger charge is 2.37. The van der Waals surface area contributed by atoms with E-state index in [0.29, 0.717) is 11.5 Å². The molecule has 0 aromatic heterocycles. The van der Waals surface area contributed by atoms with E-state index in [4.69, 9.17) is 5.73 Å². The average molecular weight is 246 g/mol. The molecule has 1 aliphatic heterocycles. The first kappa shape index (κ1) is 13.1. The number of benzene rings is 1. The summed E-state index contributed by atoms with van der Waals surface area (Å²) in [5, 5.41) is 0. The maximum absolute atomic E-state index is 11.3. The van der Waals surface area contributed by atoms with E-state index in [1.165, 1.54) is 5.56 Å². The fourth-order valence-electron chi connectivity index (χ4n) is 2.89. The van der Waals surface area contributed by atoms with E-state index < -0.39 is 0 Å². The Morgan fingerprint density at radius 1 is 1.50 bits per heavy atom. The smallest absolute Gasteiger partial charge is 0.248 e. The Morgan fingerprint density at radius 2 is 2.22 bits per heavy atom. The molecule has 18 heavy (non-hydrogen) atoms. The van der Waals surface area contributed by atoms with Crippen LogP contribution in [0.4, 0.5) is 0 Å². The Morgan fingerprint density at radius 3 is 2.83 bits per heavy atom. The van der Waals surface area contributed by atoms with Crippen molar-refractivity contribution in [3.05, 3.63) is 35.4 Å². The minimum atomic E-state index is -0.346. The fraction of sp³-hybridized carbons (Fsp3) is 0.533. The Kier molecular flexibility index (Phi) is 3.44. The molecular formula is C15H22N2O. The van der Waals surface area contributed by atoms with Crippen molar-refractivity contribution >= 4 is 5.91 Å². The molecule has 98 valence electrons. The normalized spacial score (nSPS) is 29.2. The molecule has 1 aromatic carbocycles. The van der Waals surface area contributed by atoms with Crippen LogP contribution in [-0.4, -0.2) is 30.9 Å². The van der Waals surface area contributed by atoms with Crippen LogP contribution in [0.5, 0.6) is 0 Å². The lowest BCUT2D eigenvalue weighted by molar-refractivity contribution is 0.0999. The second-order valence-electron chi connectivity index (χ2n) is 5.78. The van der Waals surface area contributed by atoms with Gasteiger partial charge in [0, 0.05) is 12.1 Å². The molecule has 3 heteroatoms. The molecule has 2 rings (SSSR count). The van der Waals surface area contributed by atoms with Crippen molar-refractivity contribution in [1.29, 1.82) is 0 Å². The van der Waals surface area contributed by atoms with E-state index in [-0.39, 0.29) is 11.3 Å². The van der Waals surface area contributed by atoms with Crippen LogP contribution in [0.1, 0.15) is 36.2 Å². The van der Waals surface area contributed by atoms with Gasteiger partial charge in [-0.25, -0.2) is 0 Å². The SMILES string of the molecule is CC1CN(C)CCC1(C)c1cccc(C(N)=O)c1. The van der Waals surface area contributed by atoms with Crippen molar-refractivity contribution in [2.24, 2.45) is 11.7 Å². The third kappa shape index (κ3) is 2.27. The molecule has 0 radical (unpaired) electrons. The van der Waals surface area contributed by atoms with Gasteiger partial charge in [0.1, 0.15) is 0 Å². The molecule has 0 saturated carbocycles. The summed E-state index contributed by atoms with van der Waals surface area (Å²) >= 11 is 0. The second-order valence-corrected chi connectivity index (χ2v) is 5.78. The van der Waals surface area contributed by atoms with Gasteiger partial charge in [-0.3, -0.25) is 4.79 Å². The topological polar surface area (TPSA) is 46.3 Å². The van der Waals surface area contributed by atoms with Crippen molar-refractivity contribution in [2.45, 2.75) is 25.7 Å². The molecule has 2 unspecified atom stereocenters. The van der Waals surface area contributed by atoms with Crippen LogP contribution in [0, 0.1) is 5.92 Å². The standard InChI is InChI=1S/C15H22N2O/c1-11-10-17(3)8-7-15(11,2)13-6-4-5-12(9-13)14(16)18/h4-6,9,11H,7-8,10H2,1-3H3,(H2,16,18).